The number of halogens is 2. The van der Waals surface area contributed by atoms with Gasteiger partial charge in [0.05, 0.1) is 5.33 Å². The van der Waals surface area contributed by atoms with E-state index in [0.29, 0.717) is 5.33 Å². The van der Waals surface area contributed by atoms with Gasteiger partial charge in [0.1, 0.15) is 5.82 Å². The monoisotopic (exact) mass is 343 g/mol. The van der Waals surface area contributed by atoms with E-state index in [1.54, 1.807) is 0 Å². The van der Waals surface area contributed by atoms with Gasteiger partial charge in [-0.05, 0) is 30.7 Å². The van der Waals surface area contributed by atoms with Crippen LogP contribution in [0.25, 0.3) is 11.4 Å². The average Bonchev–Trinajstić information content (AvgIpc) is 2.60. The Kier molecular flexibility index (Phi) is 3.44. The molecule has 0 N–H and O–H groups in total. The topological polar surface area (TPSA) is 30.7 Å². The Bertz CT molecular complexity index is 520. The predicted molar refractivity (Wildman–Crippen MR) is 71.5 cm³/mol. The van der Waals surface area contributed by atoms with Crippen LogP contribution in [0, 0.1) is 6.92 Å². The fourth-order valence-electron chi connectivity index (χ4n) is 1.59. The van der Waals surface area contributed by atoms with Crippen molar-refractivity contribution < 1.29 is 0 Å². The van der Waals surface area contributed by atoms with E-state index < -0.39 is 0 Å². The maximum atomic E-state index is 4.21. The summed E-state index contributed by atoms with van der Waals surface area (Å²) in [6.07, 6.45) is 0. The summed E-state index contributed by atoms with van der Waals surface area (Å²) in [5, 5.41) is 9.06. The highest BCUT2D eigenvalue weighted by Gasteiger charge is 2.11. The van der Waals surface area contributed by atoms with Gasteiger partial charge in [-0.2, -0.15) is 0 Å². The van der Waals surface area contributed by atoms with Crippen molar-refractivity contribution in [1.29, 1.82) is 0 Å². The summed E-state index contributed by atoms with van der Waals surface area (Å²) < 4.78 is 3.09. The van der Waals surface area contributed by atoms with Crippen LogP contribution in [0.15, 0.2) is 22.7 Å². The highest BCUT2D eigenvalue weighted by Crippen LogP contribution is 2.25. The van der Waals surface area contributed by atoms with E-state index in [0.717, 1.165) is 21.7 Å². The zero-order chi connectivity index (χ0) is 11.7. The summed E-state index contributed by atoms with van der Waals surface area (Å²) in [5.41, 5.74) is 2.30. The van der Waals surface area contributed by atoms with E-state index in [1.165, 1.54) is 5.56 Å². The highest BCUT2D eigenvalue weighted by atomic mass is 79.9. The largest absolute Gasteiger partial charge is 0.313 e. The van der Waals surface area contributed by atoms with Gasteiger partial charge in [-0.1, -0.05) is 31.9 Å². The van der Waals surface area contributed by atoms with Crippen LogP contribution in [0.4, 0.5) is 0 Å². The molecule has 0 aliphatic heterocycles. The fourth-order valence-corrected chi connectivity index (χ4v) is 2.55. The molecular weight excluding hydrogens is 334 g/mol. The molecule has 3 nitrogen and oxygen atoms in total. The molecule has 0 amide bonds. The Morgan fingerprint density at radius 3 is 2.62 bits per heavy atom. The number of rotatable bonds is 2. The van der Waals surface area contributed by atoms with E-state index in [2.05, 4.69) is 61.1 Å². The molecule has 84 valence electrons. The van der Waals surface area contributed by atoms with Crippen molar-refractivity contribution in [2.75, 3.05) is 0 Å². The molecule has 1 aromatic carbocycles. The van der Waals surface area contributed by atoms with E-state index in [-0.39, 0.29) is 0 Å². The Balaban J connectivity index is 2.54. The molecule has 0 fully saturated rings. The molecule has 1 heterocycles. The molecule has 0 unspecified atom stereocenters. The second-order valence-corrected chi connectivity index (χ2v) is 5.07. The molecule has 1 aromatic heterocycles. The number of hydrogen-bond acceptors (Lipinski definition) is 2. The van der Waals surface area contributed by atoms with E-state index in [9.17, 15) is 0 Å². The molecule has 0 atom stereocenters. The molecule has 0 saturated heterocycles. The van der Waals surface area contributed by atoms with Crippen LogP contribution in [0.5, 0.6) is 0 Å². The Labute approximate surface area is 111 Å². The smallest absolute Gasteiger partial charge is 0.163 e. The van der Waals surface area contributed by atoms with Gasteiger partial charge in [0.15, 0.2) is 5.82 Å². The van der Waals surface area contributed by atoms with Crippen LogP contribution in [0.2, 0.25) is 0 Å². The molecule has 2 rings (SSSR count). The molecule has 0 saturated carbocycles. The number of alkyl halides is 1. The van der Waals surface area contributed by atoms with Gasteiger partial charge in [0, 0.05) is 17.1 Å². The first-order valence-electron chi connectivity index (χ1n) is 4.84. The quantitative estimate of drug-likeness (QED) is 0.781. The third kappa shape index (κ3) is 2.06. The minimum atomic E-state index is 0.714. The Hall–Kier alpha value is -0.680. The van der Waals surface area contributed by atoms with E-state index in [1.807, 2.05) is 17.7 Å². The minimum Gasteiger partial charge on any atom is -0.313 e. The third-order valence-electron chi connectivity index (χ3n) is 2.51. The lowest BCUT2D eigenvalue weighted by molar-refractivity contribution is 0.858. The van der Waals surface area contributed by atoms with Gasteiger partial charge in [0.25, 0.3) is 0 Å². The lowest BCUT2D eigenvalue weighted by atomic mass is 10.1. The summed E-state index contributed by atoms with van der Waals surface area (Å²) in [6.45, 7) is 2.07. The van der Waals surface area contributed by atoms with Crippen LogP contribution in [-0.2, 0) is 12.4 Å². The van der Waals surface area contributed by atoms with Crippen LogP contribution >= 0.6 is 31.9 Å². The number of aryl methyl sites for hydroxylation is 1. The normalized spacial score (nSPS) is 10.8. The second-order valence-electron chi connectivity index (χ2n) is 3.59. The SMILES string of the molecule is Cc1cc(Br)ccc1-c1nnc(CBr)n1C. The van der Waals surface area contributed by atoms with E-state index >= 15 is 0 Å². The van der Waals surface area contributed by atoms with Crippen LogP contribution < -0.4 is 0 Å². The van der Waals surface area contributed by atoms with Crippen LogP contribution in [-0.4, -0.2) is 14.8 Å². The van der Waals surface area contributed by atoms with Crippen molar-refractivity contribution in [3.63, 3.8) is 0 Å². The van der Waals surface area contributed by atoms with Gasteiger partial charge >= 0.3 is 0 Å². The number of hydrogen-bond donors (Lipinski definition) is 0. The van der Waals surface area contributed by atoms with Gasteiger partial charge in [-0.25, -0.2) is 0 Å². The number of nitrogens with zero attached hydrogens (tertiary/aromatic N) is 3. The standard InChI is InChI=1S/C11H11Br2N3/c1-7-5-8(13)3-4-9(7)11-15-14-10(6-12)16(11)2/h3-5H,6H2,1-2H3. The Morgan fingerprint density at radius 2 is 2.06 bits per heavy atom. The van der Waals surface area contributed by atoms with Gasteiger partial charge in [0.2, 0.25) is 0 Å². The van der Waals surface area contributed by atoms with E-state index in [4.69, 9.17) is 0 Å². The summed E-state index contributed by atoms with van der Waals surface area (Å²) in [7, 11) is 1.98. The summed E-state index contributed by atoms with van der Waals surface area (Å²) >= 11 is 6.85. The maximum Gasteiger partial charge on any atom is 0.163 e. The molecule has 0 aliphatic rings. The third-order valence-corrected chi connectivity index (χ3v) is 3.51. The van der Waals surface area contributed by atoms with Crippen LogP contribution in [0.3, 0.4) is 0 Å². The van der Waals surface area contributed by atoms with Crippen molar-refractivity contribution in [3.8, 4) is 11.4 Å². The first kappa shape index (κ1) is 11.8. The molecule has 2 aromatic rings. The summed E-state index contributed by atoms with van der Waals surface area (Å²) in [6, 6.07) is 6.16. The molecule has 0 spiro atoms. The summed E-state index contributed by atoms with van der Waals surface area (Å²) in [4.78, 5) is 0. The predicted octanol–water partition coefficient (Wildman–Crippen LogP) is 3.45. The second kappa shape index (κ2) is 4.67. The van der Waals surface area contributed by atoms with Crippen LogP contribution in [0.1, 0.15) is 11.4 Å². The number of benzene rings is 1. The van der Waals surface area contributed by atoms with Gasteiger partial charge in [-0.15, -0.1) is 10.2 Å². The zero-order valence-electron chi connectivity index (χ0n) is 9.04. The molecule has 0 aliphatic carbocycles. The zero-order valence-corrected chi connectivity index (χ0v) is 12.2. The molecular formula is C11H11Br2N3. The fraction of sp³-hybridized carbons (Fsp3) is 0.273. The Morgan fingerprint density at radius 1 is 1.31 bits per heavy atom. The van der Waals surface area contributed by atoms with Gasteiger partial charge in [-0.3, -0.25) is 0 Å². The van der Waals surface area contributed by atoms with Crippen molar-refractivity contribution in [2.24, 2.45) is 7.05 Å². The molecule has 16 heavy (non-hydrogen) atoms. The summed E-state index contributed by atoms with van der Waals surface area (Å²) in [5.74, 6) is 1.83. The first-order valence-corrected chi connectivity index (χ1v) is 6.75. The lowest BCUT2D eigenvalue weighted by Crippen LogP contribution is -1.98. The molecule has 0 bridgehead atoms. The highest BCUT2D eigenvalue weighted by molar-refractivity contribution is 9.10. The van der Waals surface area contributed by atoms with Crippen molar-refractivity contribution in [2.45, 2.75) is 12.3 Å². The first-order chi connectivity index (χ1) is 7.63. The number of aromatic nitrogens is 3. The molecule has 5 heteroatoms. The minimum absolute atomic E-state index is 0.714. The maximum absolute atomic E-state index is 4.21. The van der Waals surface area contributed by atoms with Crippen molar-refractivity contribution in [1.82, 2.24) is 14.8 Å². The van der Waals surface area contributed by atoms with Crippen molar-refractivity contribution >= 4 is 31.9 Å². The van der Waals surface area contributed by atoms with Crippen molar-refractivity contribution in [3.05, 3.63) is 34.1 Å². The van der Waals surface area contributed by atoms with Gasteiger partial charge < -0.3 is 4.57 Å². The lowest BCUT2D eigenvalue weighted by Gasteiger charge is -2.06. The average molecular weight is 345 g/mol. The molecule has 0 radical (unpaired) electrons.